The Balaban J connectivity index is 1.91. The number of carbonyl (C=O) groups is 1. The minimum Gasteiger partial charge on any atom is -0.342 e. The highest BCUT2D eigenvalue weighted by molar-refractivity contribution is 9.10. The van der Waals surface area contributed by atoms with Crippen LogP contribution in [-0.2, 0) is 18.0 Å². The van der Waals surface area contributed by atoms with Gasteiger partial charge in [0.05, 0.1) is 6.61 Å². The van der Waals surface area contributed by atoms with Gasteiger partial charge in [0.15, 0.2) is 0 Å². The monoisotopic (exact) mass is 336 g/mol. The van der Waals surface area contributed by atoms with Gasteiger partial charge < -0.3 is 4.57 Å². The summed E-state index contributed by atoms with van der Waals surface area (Å²) in [7, 11) is 0. The number of nitrogens with zero attached hydrogens (tertiary/aromatic N) is 1. The average Bonchev–Trinajstić information content (AvgIpc) is 2.81. The van der Waals surface area contributed by atoms with E-state index in [4.69, 9.17) is 4.84 Å². The van der Waals surface area contributed by atoms with Crippen molar-refractivity contribution in [2.24, 2.45) is 0 Å². The third-order valence-corrected chi connectivity index (χ3v) is 3.24. The van der Waals surface area contributed by atoms with Crippen LogP contribution in [0.2, 0.25) is 0 Å². The topological polar surface area (TPSA) is 43.3 Å². The summed E-state index contributed by atoms with van der Waals surface area (Å²) in [6.07, 6.45) is 2.86. The molecular formula is C15H17BrN2O2. The van der Waals surface area contributed by atoms with E-state index in [1.54, 1.807) is 6.07 Å². The largest absolute Gasteiger partial charge is 0.342 e. The van der Waals surface area contributed by atoms with Gasteiger partial charge in [-0.1, -0.05) is 37.3 Å². The molecule has 0 bridgehead atoms. The van der Waals surface area contributed by atoms with Gasteiger partial charge in [0.25, 0.3) is 5.91 Å². The molecule has 106 valence electrons. The van der Waals surface area contributed by atoms with E-state index in [9.17, 15) is 4.79 Å². The maximum atomic E-state index is 12.1. The van der Waals surface area contributed by atoms with E-state index in [0.717, 1.165) is 23.0 Å². The van der Waals surface area contributed by atoms with Crippen LogP contribution in [0, 0.1) is 0 Å². The minimum atomic E-state index is -0.236. The molecule has 1 amide bonds. The summed E-state index contributed by atoms with van der Waals surface area (Å²) in [5, 5.41) is 0. The summed E-state index contributed by atoms with van der Waals surface area (Å²) in [6.45, 7) is 3.22. The van der Waals surface area contributed by atoms with E-state index in [-0.39, 0.29) is 5.91 Å². The van der Waals surface area contributed by atoms with E-state index in [2.05, 4.69) is 28.3 Å². The zero-order chi connectivity index (χ0) is 14.4. The Bertz CT molecular complexity index is 567. The van der Waals surface area contributed by atoms with E-state index in [1.165, 1.54) is 0 Å². The average molecular weight is 337 g/mol. The van der Waals surface area contributed by atoms with E-state index < -0.39 is 0 Å². The van der Waals surface area contributed by atoms with Crippen LogP contribution in [-0.4, -0.2) is 10.5 Å². The van der Waals surface area contributed by atoms with Crippen LogP contribution in [0.5, 0.6) is 0 Å². The maximum absolute atomic E-state index is 12.1. The van der Waals surface area contributed by atoms with Crippen molar-refractivity contribution >= 4 is 21.8 Å². The highest BCUT2D eigenvalue weighted by Gasteiger charge is 2.12. The quantitative estimate of drug-likeness (QED) is 0.820. The first-order valence-electron chi connectivity index (χ1n) is 6.52. The molecule has 1 heterocycles. The number of nitrogens with one attached hydrogen (secondary N) is 1. The number of amides is 1. The van der Waals surface area contributed by atoms with Crippen molar-refractivity contribution in [3.8, 4) is 0 Å². The molecule has 0 unspecified atom stereocenters. The molecule has 0 atom stereocenters. The summed E-state index contributed by atoms with van der Waals surface area (Å²) >= 11 is 3.38. The lowest BCUT2D eigenvalue weighted by atomic mass is 10.2. The van der Waals surface area contributed by atoms with Gasteiger partial charge in [-0.25, -0.2) is 5.48 Å². The summed E-state index contributed by atoms with van der Waals surface area (Å²) in [6, 6.07) is 11.5. The number of hydroxylamine groups is 1. The normalized spacial score (nSPS) is 10.5. The second-order valence-electron chi connectivity index (χ2n) is 4.44. The Morgan fingerprint density at radius 1 is 1.35 bits per heavy atom. The zero-order valence-corrected chi connectivity index (χ0v) is 12.9. The van der Waals surface area contributed by atoms with Gasteiger partial charge >= 0.3 is 0 Å². The predicted molar refractivity (Wildman–Crippen MR) is 81.1 cm³/mol. The fraction of sp³-hybridized carbons (Fsp3) is 0.267. The summed E-state index contributed by atoms with van der Waals surface area (Å²) in [4.78, 5) is 17.3. The van der Waals surface area contributed by atoms with Gasteiger partial charge in [0.2, 0.25) is 0 Å². The van der Waals surface area contributed by atoms with Crippen molar-refractivity contribution in [2.45, 2.75) is 26.5 Å². The van der Waals surface area contributed by atoms with E-state index in [0.29, 0.717) is 12.3 Å². The Labute approximate surface area is 126 Å². The number of carbonyl (C=O) groups excluding carboxylic acids is 1. The van der Waals surface area contributed by atoms with Gasteiger partial charge in [-0.15, -0.1) is 0 Å². The van der Waals surface area contributed by atoms with Gasteiger partial charge in [0.1, 0.15) is 5.69 Å². The summed E-state index contributed by atoms with van der Waals surface area (Å²) < 4.78 is 2.80. The van der Waals surface area contributed by atoms with Crippen molar-refractivity contribution < 1.29 is 9.63 Å². The lowest BCUT2D eigenvalue weighted by Gasteiger charge is -2.08. The molecule has 1 aromatic carbocycles. The van der Waals surface area contributed by atoms with E-state index in [1.807, 2.05) is 41.1 Å². The maximum Gasteiger partial charge on any atom is 0.291 e. The minimum absolute atomic E-state index is 0.236. The number of hydrogen-bond acceptors (Lipinski definition) is 2. The number of halogens is 1. The molecule has 2 rings (SSSR count). The fourth-order valence-electron chi connectivity index (χ4n) is 1.90. The molecule has 0 spiro atoms. The van der Waals surface area contributed by atoms with Crippen LogP contribution in [0.15, 0.2) is 47.1 Å². The number of aryl methyl sites for hydroxylation is 1. The number of hydrogen-bond donors (Lipinski definition) is 1. The number of benzene rings is 1. The van der Waals surface area contributed by atoms with Crippen molar-refractivity contribution in [3.63, 3.8) is 0 Å². The molecule has 1 aromatic heterocycles. The molecule has 0 aliphatic heterocycles. The highest BCUT2D eigenvalue weighted by Crippen LogP contribution is 2.15. The Morgan fingerprint density at radius 2 is 2.10 bits per heavy atom. The standard InChI is InChI=1S/C15H17BrN2O2/c1-2-8-18-10-13(16)9-14(18)15(19)17-20-11-12-6-4-3-5-7-12/h3-7,9-10H,2,8,11H2,1H3,(H,17,19). The zero-order valence-electron chi connectivity index (χ0n) is 11.3. The smallest absolute Gasteiger partial charge is 0.291 e. The molecular weight excluding hydrogens is 320 g/mol. The molecule has 0 aliphatic rings. The van der Waals surface area contributed by atoms with Gasteiger partial charge in [-0.05, 0) is 34.0 Å². The van der Waals surface area contributed by atoms with Gasteiger partial charge in [0, 0.05) is 17.2 Å². The van der Waals surface area contributed by atoms with Crippen molar-refractivity contribution in [2.75, 3.05) is 0 Å². The van der Waals surface area contributed by atoms with Crippen LogP contribution in [0.3, 0.4) is 0 Å². The third-order valence-electron chi connectivity index (χ3n) is 2.81. The van der Waals surface area contributed by atoms with Crippen LogP contribution in [0.1, 0.15) is 29.4 Å². The lowest BCUT2D eigenvalue weighted by molar-refractivity contribution is 0.0226. The molecule has 4 nitrogen and oxygen atoms in total. The molecule has 2 aromatic rings. The molecule has 5 heteroatoms. The third kappa shape index (κ3) is 3.95. The number of rotatable bonds is 6. The van der Waals surface area contributed by atoms with Gasteiger partial charge in [-0.3, -0.25) is 9.63 Å². The summed E-state index contributed by atoms with van der Waals surface area (Å²) in [5.41, 5.74) is 4.08. The molecule has 0 fully saturated rings. The van der Waals surface area contributed by atoms with E-state index >= 15 is 0 Å². The second-order valence-corrected chi connectivity index (χ2v) is 5.36. The molecule has 1 N–H and O–H groups in total. The molecule has 20 heavy (non-hydrogen) atoms. The molecule has 0 saturated heterocycles. The first kappa shape index (κ1) is 14.8. The van der Waals surface area contributed by atoms with Crippen LogP contribution in [0.4, 0.5) is 0 Å². The number of aromatic nitrogens is 1. The Morgan fingerprint density at radius 3 is 2.80 bits per heavy atom. The predicted octanol–water partition coefficient (Wildman–Crippen LogP) is 3.52. The summed E-state index contributed by atoms with van der Waals surface area (Å²) in [5.74, 6) is -0.236. The van der Waals surface area contributed by atoms with Crippen molar-refractivity contribution in [3.05, 3.63) is 58.3 Å². The Hall–Kier alpha value is -1.59. The SMILES string of the molecule is CCCn1cc(Br)cc1C(=O)NOCc1ccccc1. The van der Waals surface area contributed by atoms with Crippen molar-refractivity contribution in [1.82, 2.24) is 10.0 Å². The molecule has 0 saturated carbocycles. The lowest BCUT2D eigenvalue weighted by Crippen LogP contribution is -2.26. The first-order chi connectivity index (χ1) is 9.70. The molecule has 0 aliphatic carbocycles. The Kier molecular flexibility index (Phi) is 5.38. The first-order valence-corrected chi connectivity index (χ1v) is 7.31. The van der Waals surface area contributed by atoms with Crippen LogP contribution < -0.4 is 5.48 Å². The van der Waals surface area contributed by atoms with Crippen molar-refractivity contribution in [1.29, 1.82) is 0 Å². The molecule has 0 radical (unpaired) electrons. The fourth-order valence-corrected chi connectivity index (χ4v) is 2.37. The van der Waals surface area contributed by atoms with Gasteiger partial charge in [-0.2, -0.15) is 0 Å². The van der Waals surface area contributed by atoms with Crippen LogP contribution >= 0.6 is 15.9 Å². The van der Waals surface area contributed by atoms with Crippen LogP contribution in [0.25, 0.3) is 0 Å². The second kappa shape index (κ2) is 7.26. The highest BCUT2D eigenvalue weighted by atomic mass is 79.9.